The molecule has 0 saturated heterocycles. The Labute approximate surface area is 80.9 Å². The predicted octanol–water partition coefficient (Wildman–Crippen LogP) is 1.63. The fourth-order valence-corrected chi connectivity index (χ4v) is 1.65. The Morgan fingerprint density at radius 3 is 2.77 bits per heavy atom. The van der Waals surface area contributed by atoms with Crippen molar-refractivity contribution in [2.45, 2.75) is 45.1 Å². The molecule has 0 aromatic rings. The highest BCUT2D eigenvalue weighted by Gasteiger charge is 2.16. The van der Waals surface area contributed by atoms with Gasteiger partial charge in [-0.25, -0.2) is 0 Å². The summed E-state index contributed by atoms with van der Waals surface area (Å²) in [5, 5.41) is 11.5. The zero-order chi connectivity index (χ0) is 10.6. The first-order chi connectivity index (χ1) is 6.61. The standard InChI is InChI=1S/C10H19NO2/c1-8(10(12)13)11-7-9-5-3-2-4-6-9/h8-9,11H,2-7H2,1H3,(H,12,13)/t8-/m0/s1/i7D/t7?,8-. The molecule has 1 unspecified atom stereocenters. The number of carbonyl (C=O) groups is 1. The summed E-state index contributed by atoms with van der Waals surface area (Å²) in [5.74, 6) is -0.538. The van der Waals surface area contributed by atoms with Crippen LogP contribution in [0, 0.1) is 5.92 Å². The third kappa shape index (κ3) is 3.77. The molecular formula is C10H19NO2. The summed E-state index contributed by atoms with van der Waals surface area (Å²) >= 11 is 0. The number of carboxylic acids is 1. The monoisotopic (exact) mass is 186 g/mol. The summed E-state index contributed by atoms with van der Waals surface area (Å²) in [5.41, 5.74) is 0. The Hall–Kier alpha value is -0.570. The molecule has 3 nitrogen and oxygen atoms in total. The van der Waals surface area contributed by atoms with E-state index in [0.717, 1.165) is 12.8 Å². The molecule has 76 valence electrons. The van der Waals surface area contributed by atoms with Crippen molar-refractivity contribution in [1.82, 2.24) is 5.32 Å². The molecule has 0 amide bonds. The van der Waals surface area contributed by atoms with Crippen LogP contribution in [-0.4, -0.2) is 23.6 Å². The summed E-state index contributed by atoms with van der Waals surface area (Å²) in [4.78, 5) is 10.6. The highest BCUT2D eigenvalue weighted by Crippen LogP contribution is 2.22. The van der Waals surface area contributed by atoms with Crippen LogP contribution in [0.25, 0.3) is 0 Å². The van der Waals surface area contributed by atoms with Crippen LogP contribution < -0.4 is 5.32 Å². The fraction of sp³-hybridized carbons (Fsp3) is 0.900. The van der Waals surface area contributed by atoms with Gasteiger partial charge in [0, 0.05) is 1.37 Å². The second kappa shape index (κ2) is 5.22. The molecule has 0 bridgehead atoms. The van der Waals surface area contributed by atoms with Crippen LogP contribution in [-0.2, 0) is 4.79 Å². The van der Waals surface area contributed by atoms with Crippen LogP contribution in [0.2, 0.25) is 0 Å². The van der Waals surface area contributed by atoms with Crippen molar-refractivity contribution in [3.63, 3.8) is 0 Å². The topological polar surface area (TPSA) is 49.3 Å². The quantitative estimate of drug-likeness (QED) is 0.701. The Bertz CT molecular complexity index is 193. The van der Waals surface area contributed by atoms with Crippen LogP contribution in [0.1, 0.15) is 40.4 Å². The second-order valence-corrected chi connectivity index (χ2v) is 3.79. The molecule has 0 aliphatic heterocycles. The van der Waals surface area contributed by atoms with Gasteiger partial charge in [0.15, 0.2) is 0 Å². The molecule has 1 aliphatic rings. The Morgan fingerprint density at radius 2 is 2.23 bits per heavy atom. The van der Waals surface area contributed by atoms with E-state index in [1.54, 1.807) is 6.92 Å². The molecule has 1 saturated carbocycles. The van der Waals surface area contributed by atoms with Crippen molar-refractivity contribution >= 4 is 5.97 Å². The highest BCUT2D eigenvalue weighted by molar-refractivity contribution is 5.72. The van der Waals surface area contributed by atoms with Crippen molar-refractivity contribution in [3.8, 4) is 0 Å². The Morgan fingerprint density at radius 1 is 1.62 bits per heavy atom. The van der Waals surface area contributed by atoms with E-state index in [9.17, 15) is 4.79 Å². The summed E-state index contributed by atoms with van der Waals surface area (Å²) in [6.45, 7) is 1.17. The van der Waals surface area contributed by atoms with Crippen LogP contribution in [0.5, 0.6) is 0 Å². The van der Waals surface area contributed by atoms with Gasteiger partial charge in [-0.2, -0.15) is 0 Å². The van der Waals surface area contributed by atoms with Crippen LogP contribution in [0.4, 0.5) is 0 Å². The van der Waals surface area contributed by atoms with Crippen molar-refractivity contribution in [2.75, 3.05) is 6.52 Å². The third-order valence-corrected chi connectivity index (χ3v) is 2.60. The minimum atomic E-state index is -0.877. The number of hydrogen-bond donors (Lipinski definition) is 2. The number of rotatable bonds is 4. The predicted molar refractivity (Wildman–Crippen MR) is 51.7 cm³/mol. The molecule has 0 radical (unpaired) electrons. The first kappa shape index (κ1) is 9.00. The third-order valence-electron chi connectivity index (χ3n) is 2.60. The number of carboxylic acid groups (broad SMARTS) is 1. The van der Waals surface area contributed by atoms with Crippen LogP contribution >= 0.6 is 0 Å². The van der Waals surface area contributed by atoms with E-state index in [1.165, 1.54) is 19.3 Å². The van der Waals surface area contributed by atoms with Crippen molar-refractivity contribution in [2.24, 2.45) is 5.92 Å². The summed E-state index contributed by atoms with van der Waals surface area (Å²) in [6, 6.07) is -0.612. The average molecular weight is 186 g/mol. The van der Waals surface area contributed by atoms with Crippen molar-refractivity contribution < 1.29 is 11.3 Å². The SMILES string of the molecule is [2H]C(N[C@@H](C)C(=O)O)C1CCCCC1. The first-order valence-electron chi connectivity index (χ1n) is 5.60. The molecule has 1 fully saturated rings. The van der Waals surface area contributed by atoms with Gasteiger partial charge in [-0.15, -0.1) is 0 Å². The van der Waals surface area contributed by atoms with Crippen molar-refractivity contribution in [1.29, 1.82) is 0 Å². The van der Waals surface area contributed by atoms with Crippen LogP contribution in [0.15, 0.2) is 0 Å². The fourth-order valence-electron chi connectivity index (χ4n) is 1.65. The van der Waals surface area contributed by atoms with E-state index in [4.69, 9.17) is 6.48 Å². The summed E-state index contributed by atoms with van der Waals surface area (Å²) in [6.07, 6.45) is 5.76. The van der Waals surface area contributed by atoms with E-state index in [1.807, 2.05) is 0 Å². The number of hydrogen-bond acceptors (Lipinski definition) is 2. The van der Waals surface area contributed by atoms with Gasteiger partial charge < -0.3 is 10.4 Å². The molecular weight excluding hydrogens is 166 g/mol. The van der Waals surface area contributed by atoms with Crippen LogP contribution in [0.3, 0.4) is 0 Å². The van der Waals surface area contributed by atoms with E-state index in [2.05, 4.69) is 5.32 Å². The lowest BCUT2D eigenvalue weighted by atomic mass is 9.89. The van der Waals surface area contributed by atoms with Gasteiger partial charge in [-0.05, 0) is 32.2 Å². The second-order valence-electron chi connectivity index (χ2n) is 3.79. The van der Waals surface area contributed by atoms with E-state index < -0.39 is 18.5 Å². The highest BCUT2D eigenvalue weighted by atomic mass is 16.4. The lowest BCUT2D eigenvalue weighted by Crippen LogP contribution is -2.37. The average Bonchev–Trinajstić information content (AvgIpc) is 2.19. The van der Waals surface area contributed by atoms with E-state index in [0.29, 0.717) is 5.92 Å². The smallest absolute Gasteiger partial charge is 0.320 e. The van der Waals surface area contributed by atoms with Gasteiger partial charge in [0.05, 0.1) is 0 Å². The molecule has 13 heavy (non-hydrogen) atoms. The molecule has 0 heterocycles. The van der Waals surface area contributed by atoms with Gasteiger partial charge in [0.25, 0.3) is 0 Å². The maximum atomic E-state index is 10.6. The minimum absolute atomic E-state index is 0.338. The van der Waals surface area contributed by atoms with Crippen molar-refractivity contribution in [3.05, 3.63) is 0 Å². The molecule has 3 heteroatoms. The first-order valence-corrected chi connectivity index (χ1v) is 5.02. The van der Waals surface area contributed by atoms with Gasteiger partial charge in [0.2, 0.25) is 0 Å². The van der Waals surface area contributed by atoms with Gasteiger partial charge in [-0.3, -0.25) is 4.79 Å². The van der Waals surface area contributed by atoms with E-state index in [-0.39, 0.29) is 0 Å². The number of nitrogens with one attached hydrogen (secondary N) is 1. The number of aliphatic carboxylic acids is 1. The summed E-state index contributed by atoms with van der Waals surface area (Å²) < 4.78 is 7.82. The van der Waals surface area contributed by atoms with Gasteiger partial charge >= 0.3 is 5.97 Å². The van der Waals surface area contributed by atoms with E-state index >= 15 is 0 Å². The lowest BCUT2D eigenvalue weighted by Gasteiger charge is -2.22. The molecule has 2 N–H and O–H groups in total. The molecule has 1 rings (SSSR count). The van der Waals surface area contributed by atoms with Gasteiger partial charge in [-0.1, -0.05) is 19.3 Å². The molecule has 0 spiro atoms. The Balaban J connectivity index is 2.32. The van der Waals surface area contributed by atoms with Gasteiger partial charge in [0.1, 0.15) is 6.04 Å². The molecule has 0 aromatic heterocycles. The summed E-state index contributed by atoms with van der Waals surface area (Å²) in [7, 11) is 0. The Kier molecular flexibility index (Phi) is 3.62. The minimum Gasteiger partial charge on any atom is -0.480 e. The molecule has 1 aliphatic carbocycles. The zero-order valence-corrected chi connectivity index (χ0v) is 8.12. The lowest BCUT2D eigenvalue weighted by molar-refractivity contribution is -0.139. The molecule has 0 aromatic carbocycles. The largest absolute Gasteiger partial charge is 0.480 e. The molecule has 2 atom stereocenters. The normalized spacial score (nSPS) is 24.8. The maximum Gasteiger partial charge on any atom is 0.320 e. The zero-order valence-electron chi connectivity index (χ0n) is 9.12. The maximum absolute atomic E-state index is 10.6.